The van der Waals surface area contributed by atoms with Gasteiger partial charge in [0.2, 0.25) is 0 Å². The SMILES string of the molecule is CC(=O)c1nc2ccc(-c3ccccc3)cc2n1CC(=O)c1ccc(Br)cc1. The molecule has 0 aliphatic carbocycles. The fourth-order valence-corrected chi connectivity index (χ4v) is 3.50. The van der Waals surface area contributed by atoms with Crippen molar-refractivity contribution in [1.82, 2.24) is 9.55 Å². The topological polar surface area (TPSA) is 52.0 Å². The van der Waals surface area contributed by atoms with Crippen LogP contribution < -0.4 is 0 Å². The maximum absolute atomic E-state index is 12.8. The van der Waals surface area contributed by atoms with Crippen molar-refractivity contribution in [1.29, 1.82) is 0 Å². The maximum Gasteiger partial charge on any atom is 0.195 e. The molecule has 4 aromatic rings. The highest BCUT2D eigenvalue weighted by atomic mass is 79.9. The van der Waals surface area contributed by atoms with Crippen LogP contribution in [-0.4, -0.2) is 21.1 Å². The summed E-state index contributed by atoms with van der Waals surface area (Å²) in [6.45, 7) is 1.53. The minimum absolute atomic E-state index is 0.0608. The molecule has 0 aliphatic rings. The maximum atomic E-state index is 12.8. The molecule has 0 unspecified atom stereocenters. The zero-order valence-corrected chi connectivity index (χ0v) is 16.8. The second-order valence-corrected chi connectivity index (χ2v) is 7.49. The summed E-state index contributed by atoms with van der Waals surface area (Å²) < 4.78 is 2.63. The summed E-state index contributed by atoms with van der Waals surface area (Å²) in [5.41, 5.74) is 4.16. The Balaban J connectivity index is 1.80. The molecule has 138 valence electrons. The lowest BCUT2D eigenvalue weighted by Gasteiger charge is -2.08. The number of nitrogens with zero attached hydrogens (tertiary/aromatic N) is 2. The molecule has 0 saturated carbocycles. The molecule has 1 aromatic heterocycles. The van der Waals surface area contributed by atoms with Gasteiger partial charge in [0.25, 0.3) is 0 Å². The van der Waals surface area contributed by atoms with Crippen molar-refractivity contribution in [3.63, 3.8) is 0 Å². The van der Waals surface area contributed by atoms with Crippen LogP contribution >= 0.6 is 15.9 Å². The fraction of sp³-hybridized carbons (Fsp3) is 0.0870. The van der Waals surface area contributed by atoms with Gasteiger partial charge >= 0.3 is 0 Å². The number of hydrogen-bond donors (Lipinski definition) is 0. The summed E-state index contributed by atoms with van der Waals surface area (Å²) in [5, 5.41) is 0. The van der Waals surface area contributed by atoms with E-state index in [1.165, 1.54) is 6.92 Å². The minimum Gasteiger partial charge on any atom is -0.314 e. The van der Waals surface area contributed by atoms with Gasteiger partial charge in [-0.3, -0.25) is 9.59 Å². The Hall–Kier alpha value is -3.05. The van der Waals surface area contributed by atoms with Gasteiger partial charge in [-0.2, -0.15) is 0 Å². The molecule has 1 heterocycles. The van der Waals surface area contributed by atoms with Gasteiger partial charge in [-0.15, -0.1) is 0 Å². The number of imidazole rings is 1. The van der Waals surface area contributed by atoms with Crippen LogP contribution in [0.1, 0.15) is 27.9 Å². The number of rotatable bonds is 5. The molecule has 5 heteroatoms. The second kappa shape index (κ2) is 7.52. The van der Waals surface area contributed by atoms with E-state index in [9.17, 15) is 9.59 Å². The first-order chi connectivity index (χ1) is 13.5. The third kappa shape index (κ3) is 3.53. The average Bonchev–Trinajstić information content (AvgIpc) is 3.07. The number of Topliss-reactive ketones (excluding diaryl/α,β-unsaturated/α-hetero) is 2. The van der Waals surface area contributed by atoms with Crippen LogP contribution in [0.3, 0.4) is 0 Å². The lowest BCUT2D eigenvalue weighted by atomic mass is 10.1. The molecule has 0 spiro atoms. The smallest absolute Gasteiger partial charge is 0.195 e. The van der Waals surface area contributed by atoms with Gasteiger partial charge in [0.15, 0.2) is 17.4 Å². The molecular weight excluding hydrogens is 416 g/mol. The summed E-state index contributed by atoms with van der Waals surface area (Å²) in [6, 6.07) is 23.1. The molecule has 0 amide bonds. The van der Waals surface area contributed by atoms with E-state index in [1.54, 1.807) is 16.7 Å². The Kier molecular flexibility index (Phi) is 4.92. The molecule has 0 bridgehead atoms. The molecule has 0 radical (unpaired) electrons. The molecule has 0 atom stereocenters. The summed E-state index contributed by atoms with van der Waals surface area (Å²) in [4.78, 5) is 29.4. The van der Waals surface area contributed by atoms with Crippen LogP contribution in [0.25, 0.3) is 22.2 Å². The highest BCUT2D eigenvalue weighted by molar-refractivity contribution is 9.10. The molecule has 4 rings (SSSR count). The number of aromatic nitrogens is 2. The number of benzene rings is 3. The van der Waals surface area contributed by atoms with E-state index in [1.807, 2.05) is 60.7 Å². The van der Waals surface area contributed by atoms with Crippen LogP contribution in [0, 0.1) is 0 Å². The molecule has 0 aliphatic heterocycles. The minimum atomic E-state index is -0.166. The van der Waals surface area contributed by atoms with E-state index in [0.29, 0.717) is 16.9 Å². The second-order valence-electron chi connectivity index (χ2n) is 6.58. The predicted octanol–water partition coefficient (Wildman–Crippen LogP) is 5.55. The largest absolute Gasteiger partial charge is 0.314 e. The number of carbonyl (C=O) groups excluding carboxylic acids is 2. The van der Waals surface area contributed by atoms with Gasteiger partial charge in [0.1, 0.15) is 0 Å². The Bertz CT molecular complexity index is 1180. The predicted molar refractivity (Wildman–Crippen MR) is 114 cm³/mol. The Labute approximate surface area is 171 Å². The third-order valence-electron chi connectivity index (χ3n) is 4.64. The lowest BCUT2D eigenvalue weighted by molar-refractivity contribution is 0.0966. The zero-order valence-electron chi connectivity index (χ0n) is 15.2. The Morgan fingerprint density at radius 3 is 2.32 bits per heavy atom. The van der Waals surface area contributed by atoms with Crippen molar-refractivity contribution in [2.45, 2.75) is 13.5 Å². The van der Waals surface area contributed by atoms with Crippen LogP contribution in [0.4, 0.5) is 0 Å². The summed E-state index contributed by atoms with van der Waals surface area (Å²) in [5.74, 6) is 0.0613. The van der Waals surface area contributed by atoms with Gasteiger partial charge in [-0.1, -0.05) is 64.5 Å². The van der Waals surface area contributed by atoms with E-state index >= 15 is 0 Å². The van der Waals surface area contributed by atoms with E-state index in [-0.39, 0.29) is 18.1 Å². The monoisotopic (exact) mass is 432 g/mol. The highest BCUT2D eigenvalue weighted by Crippen LogP contribution is 2.26. The molecule has 0 N–H and O–H groups in total. The van der Waals surface area contributed by atoms with Crippen molar-refractivity contribution < 1.29 is 9.59 Å². The number of ketones is 2. The number of carbonyl (C=O) groups is 2. The standard InChI is InChI=1S/C23H17BrN2O2/c1-15(27)23-25-20-12-9-18(16-5-3-2-4-6-16)13-21(20)26(23)14-22(28)17-7-10-19(24)11-8-17/h2-13H,14H2,1H3. The quantitative estimate of drug-likeness (QED) is 0.388. The van der Waals surface area contributed by atoms with E-state index in [2.05, 4.69) is 20.9 Å². The van der Waals surface area contributed by atoms with Crippen LogP contribution in [0.5, 0.6) is 0 Å². The number of fused-ring (bicyclic) bond motifs is 1. The van der Waals surface area contributed by atoms with Gasteiger partial charge in [0.05, 0.1) is 17.6 Å². The van der Waals surface area contributed by atoms with Gasteiger partial charge in [-0.25, -0.2) is 4.98 Å². The first-order valence-electron chi connectivity index (χ1n) is 8.88. The molecular formula is C23H17BrN2O2. The first-order valence-corrected chi connectivity index (χ1v) is 9.67. The van der Waals surface area contributed by atoms with Crippen molar-refractivity contribution in [3.05, 3.63) is 88.7 Å². The number of hydrogen-bond acceptors (Lipinski definition) is 3. The Morgan fingerprint density at radius 1 is 0.929 bits per heavy atom. The van der Waals surface area contributed by atoms with Crippen molar-refractivity contribution in [3.8, 4) is 11.1 Å². The van der Waals surface area contributed by atoms with Crippen LogP contribution in [0.15, 0.2) is 77.3 Å². The fourth-order valence-electron chi connectivity index (χ4n) is 3.23. The molecule has 3 aromatic carbocycles. The van der Waals surface area contributed by atoms with E-state index < -0.39 is 0 Å². The summed E-state index contributed by atoms with van der Waals surface area (Å²) >= 11 is 3.38. The van der Waals surface area contributed by atoms with Gasteiger partial charge in [-0.05, 0) is 35.4 Å². The van der Waals surface area contributed by atoms with Gasteiger partial charge in [0, 0.05) is 17.0 Å². The van der Waals surface area contributed by atoms with Crippen LogP contribution in [-0.2, 0) is 6.54 Å². The molecule has 4 nitrogen and oxygen atoms in total. The Morgan fingerprint density at radius 2 is 1.64 bits per heavy atom. The van der Waals surface area contributed by atoms with Crippen molar-refractivity contribution >= 4 is 38.5 Å². The number of halogens is 1. The summed E-state index contributed by atoms with van der Waals surface area (Å²) in [7, 11) is 0. The van der Waals surface area contributed by atoms with E-state index in [4.69, 9.17) is 0 Å². The first kappa shape index (κ1) is 18.3. The van der Waals surface area contributed by atoms with E-state index in [0.717, 1.165) is 21.1 Å². The summed E-state index contributed by atoms with van der Waals surface area (Å²) in [6.07, 6.45) is 0. The average molecular weight is 433 g/mol. The molecule has 28 heavy (non-hydrogen) atoms. The third-order valence-corrected chi connectivity index (χ3v) is 5.17. The zero-order chi connectivity index (χ0) is 19.7. The molecule has 0 fully saturated rings. The van der Waals surface area contributed by atoms with Crippen LogP contribution in [0.2, 0.25) is 0 Å². The normalized spacial score (nSPS) is 10.9. The lowest BCUT2D eigenvalue weighted by Crippen LogP contribution is -2.15. The molecule has 0 saturated heterocycles. The van der Waals surface area contributed by atoms with Crippen molar-refractivity contribution in [2.75, 3.05) is 0 Å². The van der Waals surface area contributed by atoms with Crippen molar-refractivity contribution in [2.24, 2.45) is 0 Å². The highest BCUT2D eigenvalue weighted by Gasteiger charge is 2.18. The van der Waals surface area contributed by atoms with Gasteiger partial charge < -0.3 is 4.57 Å².